The Morgan fingerprint density at radius 2 is 1.16 bits per heavy atom. The minimum atomic E-state index is -0.0518. The van der Waals surface area contributed by atoms with Crippen LogP contribution < -0.4 is 0 Å². The molecular formula is C34H24ClN3. The minimum Gasteiger partial charge on any atom is -0.208 e. The maximum Gasteiger partial charge on any atom is 0.226 e. The Hall–Kier alpha value is -4.34. The third kappa shape index (κ3) is 3.54. The average molecular weight is 510 g/mol. The van der Waals surface area contributed by atoms with Crippen LogP contribution in [-0.2, 0) is 5.41 Å². The van der Waals surface area contributed by atoms with Crippen molar-refractivity contribution in [2.75, 3.05) is 0 Å². The van der Waals surface area contributed by atoms with Gasteiger partial charge in [0.2, 0.25) is 5.28 Å². The number of fused-ring (bicyclic) bond motifs is 4. The lowest BCUT2D eigenvalue weighted by Crippen LogP contribution is -2.14. The maximum atomic E-state index is 6.52. The molecule has 0 fully saturated rings. The van der Waals surface area contributed by atoms with Crippen molar-refractivity contribution in [3.8, 4) is 45.0 Å². The smallest absolute Gasteiger partial charge is 0.208 e. The Morgan fingerprint density at radius 3 is 2.03 bits per heavy atom. The summed E-state index contributed by atoms with van der Waals surface area (Å²) < 4.78 is 0. The summed E-state index contributed by atoms with van der Waals surface area (Å²) >= 11 is 6.52. The molecule has 0 aliphatic heterocycles. The topological polar surface area (TPSA) is 38.7 Å². The molecule has 6 aromatic rings. The van der Waals surface area contributed by atoms with Gasteiger partial charge in [0.25, 0.3) is 0 Å². The normalized spacial score (nSPS) is 13.3. The molecule has 1 heterocycles. The fraction of sp³-hybridized carbons (Fsp3) is 0.0882. The first-order chi connectivity index (χ1) is 18.5. The van der Waals surface area contributed by atoms with E-state index < -0.39 is 0 Å². The standard InChI is InChI=1S/C34H24ClN3/c1-34(2)29-17-8-7-14-26(29)28-20-22(18-19-30(28)34)31-36-32(38-33(35)37-31)27-15-6-5-13-25(27)24-16-9-11-21-10-3-4-12-23(21)24/h3-20H,1-2H3. The van der Waals surface area contributed by atoms with Crippen LogP contribution in [0.25, 0.3) is 55.8 Å². The van der Waals surface area contributed by atoms with Gasteiger partial charge in [-0.15, -0.1) is 0 Å². The number of rotatable bonds is 3. The highest BCUT2D eigenvalue weighted by Gasteiger charge is 2.35. The van der Waals surface area contributed by atoms with Gasteiger partial charge in [0.15, 0.2) is 11.6 Å². The molecule has 5 aromatic carbocycles. The highest BCUT2D eigenvalue weighted by Crippen LogP contribution is 2.49. The van der Waals surface area contributed by atoms with Crippen LogP contribution in [0.1, 0.15) is 25.0 Å². The zero-order valence-corrected chi connectivity index (χ0v) is 21.9. The van der Waals surface area contributed by atoms with E-state index in [1.54, 1.807) is 0 Å². The molecule has 0 bridgehead atoms. The molecule has 0 atom stereocenters. The van der Waals surface area contributed by atoms with Crippen molar-refractivity contribution in [3.05, 3.63) is 126 Å². The Morgan fingerprint density at radius 1 is 0.526 bits per heavy atom. The predicted molar refractivity (Wildman–Crippen MR) is 156 cm³/mol. The summed E-state index contributed by atoms with van der Waals surface area (Å²) in [6.45, 7) is 4.55. The number of nitrogens with zero attached hydrogens (tertiary/aromatic N) is 3. The van der Waals surface area contributed by atoms with Crippen LogP contribution in [0.5, 0.6) is 0 Å². The molecule has 0 N–H and O–H groups in total. The molecular weight excluding hydrogens is 486 g/mol. The number of hydrogen-bond donors (Lipinski definition) is 0. The molecule has 0 amide bonds. The number of benzene rings is 5. The molecule has 1 aliphatic rings. The second kappa shape index (κ2) is 8.61. The van der Waals surface area contributed by atoms with Gasteiger partial charge < -0.3 is 0 Å². The summed E-state index contributed by atoms with van der Waals surface area (Å²) in [5.74, 6) is 1.13. The molecule has 0 saturated heterocycles. The summed E-state index contributed by atoms with van der Waals surface area (Å²) in [4.78, 5) is 14.1. The van der Waals surface area contributed by atoms with Gasteiger partial charge in [0.05, 0.1) is 0 Å². The van der Waals surface area contributed by atoms with Crippen LogP contribution in [0.15, 0.2) is 109 Å². The molecule has 1 aromatic heterocycles. The summed E-state index contributed by atoms with van der Waals surface area (Å²) in [5, 5.41) is 2.55. The molecule has 7 rings (SSSR count). The number of aromatic nitrogens is 3. The number of halogens is 1. The zero-order valence-electron chi connectivity index (χ0n) is 21.1. The lowest BCUT2D eigenvalue weighted by molar-refractivity contribution is 0.660. The second-order valence-electron chi connectivity index (χ2n) is 10.3. The highest BCUT2D eigenvalue weighted by atomic mass is 35.5. The van der Waals surface area contributed by atoms with E-state index in [1.807, 2.05) is 18.2 Å². The van der Waals surface area contributed by atoms with Gasteiger partial charge >= 0.3 is 0 Å². The van der Waals surface area contributed by atoms with Crippen LogP contribution in [0.3, 0.4) is 0 Å². The Kier molecular flexibility index (Phi) is 5.17. The minimum absolute atomic E-state index is 0.0518. The van der Waals surface area contributed by atoms with Gasteiger partial charge in [-0.3, -0.25) is 0 Å². The zero-order chi connectivity index (χ0) is 25.9. The van der Waals surface area contributed by atoms with E-state index >= 15 is 0 Å². The van der Waals surface area contributed by atoms with Gasteiger partial charge in [-0.05, 0) is 61.8 Å². The fourth-order valence-corrected chi connectivity index (χ4v) is 5.99. The van der Waals surface area contributed by atoms with Gasteiger partial charge in [-0.25, -0.2) is 4.98 Å². The Labute approximate surface area is 226 Å². The van der Waals surface area contributed by atoms with Crippen molar-refractivity contribution in [1.29, 1.82) is 0 Å². The van der Waals surface area contributed by atoms with E-state index in [1.165, 1.54) is 33.0 Å². The lowest BCUT2D eigenvalue weighted by Gasteiger charge is -2.21. The van der Waals surface area contributed by atoms with E-state index in [4.69, 9.17) is 16.6 Å². The molecule has 182 valence electrons. The van der Waals surface area contributed by atoms with Crippen LogP contribution >= 0.6 is 11.6 Å². The van der Waals surface area contributed by atoms with E-state index in [9.17, 15) is 0 Å². The van der Waals surface area contributed by atoms with Crippen molar-refractivity contribution < 1.29 is 0 Å². The Balaban J connectivity index is 1.38. The average Bonchev–Trinajstić information content (AvgIpc) is 3.18. The first-order valence-corrected chi connectivity index (χ1v) is 13.1. The highest BCUT2D eigenvalue weighted by molar-refractivity contribution is 6.28. The summed E-state index contributed by atoms with van der Waals surface area (Å²) in [6, 6.07) is 38.1. The lowest BCUT2D eigenvalue weighted by atomic mass is 9.82. The monoisotopic (exact) mass is 509 g/mol. The van der Waals surface area contributed by atoms with Crippen molar-refractivity contribution in [1.82, 2.24) is 15.0 Å². The van der Waals surface area contributed by atoms with E-state index in [2.05, 4.69) is 115 Å². The van der Waals surface area contributed by atoms with Gasteiger partial charge in [0.1, 0.15) is 0 Å². The van der Waals surface area contributed by atoms with E-state index in [0.717, 1.165) is 22.3 Å². The van der Waals surface area contributed by atoms with Gasteiger partial charge in [-0.1, -0.05) is 117 Å². The number of hydrogen-bond acceptors (Lipinski definition) is 3. The first kappa shape index (κ1) is 22.8. The summed E-state index contributed by atoms with van der Waals surface area (Å²) in [6.07, 6.45) is 0. The summed E-state index contributed by atoms with van der Waals surface area (Å²) in [7, 11) is 0. The van der Waals surface area contributed by atoms with Crippen LogP contribution in [0.2, 0.25) is 5.28 Å². The molecule has 0 saturated carbocycles. The Bertz CT molecular complexity index is 1870. The van der Waals surface area contributed by atoms with Crippen LogP contribution in [0.4, 0.5) is 0 Å². The van der Waals surface area contributed by atoms with Crippen LogP contribution in [-0.4, -0.2) is 15.0 Å². The third-order valence-corrected chi connectivity index (χ3v) is 7.87. The first-order valence-electron chi connectivity index (χ1n) is 12.7. The molecule has 1 aliphatic carbocycles. The molecule has 4 heteroatoms. The van der Waals surface area contributed by atoms with Gasteiger partial charge in [-0.2, -0.15) is 9.97 Å². The third-order valence-electron chi connectivity index (χ3n) is 7.70. The van der Waals surface area contributed by atoms with Gasteiger partial charge in [0, 0.05) is 16.5 Å². The molecule has 0 radical (unpaired) electrons. The maximum absolute atomic E-state index is 6.52. The second-order valence-corrected chi connectivity index (χ2v) is 10.6. The molecule has 0 spiro atoms. The van der Waals surface area contributed by atoms with Crippen molar-refractivity contribution >= 4 is 22.4 Å². The fourth-order valence-electron chi connectivity index (χ4n) is 5.83. The molecule has 0 unspecified atom stereocenters. The van der Waals surface area contributed by atoms with E-state index in [0.29, 0.717) is 11.6 Å². The van der Waals surface area contributed by atoms with Crippen LogP contribution in [0, 0.1) is 0 Å². The largest absolute Gasteiger partial charge is 0.226 e. The van der Waals surface area contributed by atoms with Crippen molar-refractivity contribution in [3.63, 3.8) is 0 Å². The quantitative estimate of drug-likeness (QED) is 0.239. The predicted octanol–water partition coefficient (Wildman–Crippen LogP) is 8.99. The van der Waals surface area contributed by atoms with E-state index in [-0.39, 0.29) is 10.7 Å². The van der Waals surface area contributed by atoms with Crippen molar-refractivity contribution in [2.45, 2.75) is 19.3 Å². The molecule has 38 heavy (non-hydrogen) atoms. The van der Waals surface area contributed by atoms with Crippen molar-refractivity contribution in [2.24, 2.45) is 0 Å². The summed E-state index contributed by atoms with van der Waals surface area (Å²) in [5.41, 5.74) is 9.11. The molecule has 3 nitrogen and oxygen atoms in total. The SMILES string of the molecule is CC1(C)c2ccccc2-c2cc(-c3nc(Cl)nc(-c4ccccc4-c4cccc5ccccc45)n3)ccc21.